The number of sulfone groups is 1. The van der Waals surface area contributed by atoms with Gasteiger partial charge in [-0.05, 0) is 12.1 Å². The van der Waals surface area contributed by atoms with E-state index in [1.54, 1.807) is 36.2 Å². The fourth-order valence-electron chi connectivity index (χ4n) is 1.95. The van der Waals surface area contributed by atoms with Crippen LogP contribution < -0.4 is 4.90 Å². The van der Waals surface area contributed by atoms with Gasteiger partial charge in [0.05, 0.1) is 16.8 Å². The summed E-state index contributed by atoms with van der Waals surface area (Å²) in [5, 5.41) is 9.87. The number of rotatable bonds is 5. The smallest absolute Gasteiger partial charge is 0.336 e. The summed E-state index contributed by atoms with van der Waals surface area (Å²) in [6.45, 7) is 0.253. The molecule has 0 radical (unpaired) electrons. The van der Waals surface area contributed by atoms with E-state index in [-0.39, 0.29) is 17.9 Å². The van der Waals surface area contributed by atoms with Crippen molar-refractivity contribution in [1.29, 1.82) is 0 Å². The van der Waals surface area contributed by atoms with Gasteiger partial charge in [0.25, 0.3) is 0 Å². The SMILES string of the molecule is CN(CCS(C)(=O)=O)c1cc(C(=O)O)c2ccccc2n1. The van der Waals surface area contributed by atoms with Crippen LogP contribution in [0, 0.1) is 0 Å². The van der Waals surface area contributed by atoms with Crippen molar-refractivity contribution in [1.82, 2.24) is 4.98 Å². The number of aromatic carboxylic acids is 1. The molecule has 0 aliphatic heterocycles. The first-order valence-corrected chi connectivity index (χ1v) is 8.36. The topological polar surface area (TPSA) is 87.6 Å². The molecule has 1 aromatic heterocycles. The predicted octanol–water partition coefficient (Wildman–Crippen LogP) is 1.41. The minimum atomic E-state index is -3.08. The molecule has 0 atom stereocenters. The molecule has 0 fully saturated rings. The first kappa shape index (κ1) is 15.2. The van der Waals surface area contributed by atoms with Gasteiger partial charge >= 0.3 is 5.97 Å². The highest BCUT2D eigenvalue weighted by molar-refractivity contribution is 7.90. The van der Waals surface area contributed by atoms with Gasteiger partial charge in [-0.1, -0.05) is 18.2 Å². The Hall–Kier alpha value is -2.15. The van der Waals surface area contributed by atoms with Crippen LogP contribution in [0.5, 0.6) is 0 Å². The van der Waals surface area contributed by atoms with E-state index >= 15 is 0 Å². The number of pyridine rings is 1. The monoisotopic (exact) mass is 308 g/mol. The summed E-state index contributed by atoms with van der Waals surface area (Å²) >= 11 is 0. The molecule has 0 saturated carbocycles. The number of nitrogens with zero attached hydrogens (tertiary/aromatic N) is 2. The minimum Gasteiger partial charge on any atom is -0.478 e. The van der Waals surface area contributed by atoms with Crippen LogP contribution in [0.15, 0.2) is 30.3 Å². The standard InChI is InChI=1S/C14H16N2O4S/c1-16(7-8-21(2,19)20)13-9-11(14(17)18)10-5-3-4-6-12(10)15-13/h3-6,9H,7-8H2,1-2H3,(H,17,18). The second-order valence-corrected chi connectivity index (χ2v) is 7.16. The van der Waals surface area contributed by atoms with Crippen LogP contribution >= 0.6 is 0 Å². The number of carboxylic acids is 1. The molecule has 7 heteroatoms. The van der Waals surface area contributed by atoms with Crippen molar-refractivity contribution in [3.63, 3.8) is 0 Å². The van der Waals surface area contributed by atoms with E-state index < -0.39 is 15.8 Å². The summed E-state index contributed by atoms with van der Waals surface area (Å²) in [5.41, 5.74) is 0.723. The first-order chi connectivity index (χ1) is 9.78. The van der Waals surface area contributed by atoms with Crippen LogP contribution in [0.3, 0.4) is 0 Å². The van der Waals surface area contributed by atoms with E-state index in [1.165, 1.54) is 6.07 Å². The molecular formula is C14H16N2O4S. The molecular weight excluding hydrogens is 292 g/mol. The molecule has 1 aromatic carbocycles. The highest BCUT2D eigenvalue weighted by atomic mass is 32.2. The second-order valence-electron chi connectivity index (χ2n) is 4.90. The van der Waals surface area contributed by atoms with Crippen molar-refractivity contribution in [2.24, 2.45) is 0 Å². The Kier molecular flexibility index (Phi) is 4.13. The second kappa shape index (κ2) is 5.69. The molecule has 0 unspecified atom stereocenters. The van der Waals surface area contributed by atoms with Crippen molar-refractivity contribution >= 4 is 32.5 Å². The fraction of sp³-hybridized carbons (Fsp3) is 0.286. The van der Waals surface area contributed by atoms with Crippen molar-refractivity contribution in [2.75, 3.05) is 30.5 Å². The lowest BCUT2D eigenvalue weighted by Gasteiger charge is -2.18. The lowest BCUT2D eigenvalue weighted by Crippen LogP contribution is -2.26. The average molecular weight is 308 g/mol. The summed E-state index contributed by atoms with van der Waals surface area (Å²) in [6.07, 6.45) is 1.16. The number of para-hydroxylation sites is 1. The van der Waals surface area contributed by atoms with Crippen LogP contribution in [0.4, 0.5) is 5.82 Å². The van der Waals surface area contributed by atoms with Crippen molar-refractivity contribution in [3.05, 3.63) is 35.9 Å². The molecule has 0 aliphatic rings. The van der Waals surface area contributed by atoms with Gasteiger partial charge in [0, 0.05) is 25.2 Å². The van der Waals surface area contributed by atoms with Crippen molar-refractivity contribution in [2.45, 2.75) is 0 Å². The first-order valence-electron chi connectivity index (χ1n) is 6.30. The minimum absolute atomic E-state index is 0.0135. The number of hydrogen-bond donors (Lipinski definition) is 1. The average Bonchev–Trinajstić information content (AvgIpc) is 2.42. The van der Waals surface area contributed by atoms with E-state index in [0.717, 1.165) is 6.26 Å². The summed E-state index contributed by atoms with van der Waals surface area (Å²) in [5.74, 6) is -0.610. The van der Waals surface area contributed by atoms with E-state index in [4.69, 9.17) is 0 Å². The summed E-state index contributed by atoms with van der Waals surface area (Å²) < 4.78 is 22.4. The zero-order chi connectivity index (χ0) is 15.6. The molecule has 0 spiro atoms. The molecule has 112 valence electrons. The maximum Gasteiger partial charge on any atom is 0.336 e. The van der Waals surface area contributed by atoms with Gasteiger partial charge in [0.2, 0.25) is 0 Å². The lowest BCUT2D eigenvalue weighted by atomic mass is 10.1. The molecule has 0 bridgehead atoms. The normalized spacial score (nSPS) is 11.5. The van der Waals surface area contributed by atoms with Gasteiger partial charge in [-0.2, -0.15) is 0 Å². The van der Waals surface area contributed by atoms with Gasteiger partial charge in [0.1, 0.15) is 15.7 Å². The van der Waals surface area contributed by atoms with Gasteiger partial charge in [-0.15, -0.1) is 0 Å². The Balaban J connectivity index is 2.43. The van der Waals surface area contributed by atoms with Crippen LogP contribution in [0.1, 0.15) is 10.4 Å². The number of benzene rings is 1. The van der Waals surface area contributed by atoms with Crippen molar-refractivity contribution in [3.8, 4) is 0 Å². The molecule has 6 nitrogen and oxygen atoms in total. The van der Waals surface area contributed by atoms with Crippen molar-refractivity contribution < 1.29 is 18.3 Å². The Morgan fingerprint density at radius 2 is 2.00 bits per heavy atom. The molecule has 2 aromatic rings. The predicted molar refractivity (Wildman–Crippen MR) is 81.7 cm³/mol. The molecule has 2 rings (SSSR count). The van der Waals surface area contributed by atoms with E-state index in [1.807, 2.05) is 0 Å². The highest BCUT2D eigenvalue weighted by Crippen LogP contribution is 2.22. The van der Waals surface area contributed by atoms with Crippen LogP contribution in [-0.4, -0.2) is 50.1 Å². The molecule has 0 amide bonds. The fourth-order valence-corrected chi connectivity index (χ4v) is 2.56. The van der Waals surface area contributed by atoms with Crippen LogP contribution in [0.2, 0.25) is 0 Å². The number of carbonyl (C=O) groups is 1. The van der Waals surface area contributed by atoms with Crippen LogP contribution in [-0.2, 0) is 9.84 Å². The lowest BCUT2D eigenvalue weighted by molar-refractivity contribution is 0.0699. The number of hydrogen-bond acceptors (Lipinski definition) is 5. The molecule has 21 heavy (non-hydrogen) atoms. The Morgan fingerprint density at radius 3 is 2.62 bits per heavy atom. The maximum atomic E-state index is 11.4. The number of fused-ring (bicyclic) bond motifs is 1. The van der Waals surface area contributed by atoms with E-state index in [9.17, 15) is 18.3 Å². The number of aromatic nitrogens is 1. The van der Waals surface area contributed by atoms with Gasteiger partial charge in [0.15, 0.2) is 0 Å². The number of carboxylic acid groups (broad SMARTS) is 1. The van der Waals surface area contributed by atoms with Gasteiger partial charge < -0.3 is 10.0 Å². The summed E-state index contributed by atoms with van der Waals surface area (Å²) in [4.78, 5) is 17.4. The maximum absolute atomic E-state index is 11.4. The zero-order valence-corrected chi connectivity index (χ0v) is 12.6. The molecule has 1 N–H and O–H groups in total. The summed E-state index contributed by atoms with van der Waals surface area (Å²) in [7, 11) is -1.39. The third-order valence-corrected chi connectivity index (χ3v) is 4.05. The third kappa shape index (κ3) is 3.69. The van der Waals surface area contributed by atoms with E-state index in [0.29, 0.717) is 16.7 Å². The van der Waals surface area contributed by atoms with E-state index in [2.05, 4.69) is 4.98 Å². The molecule has 0 aliphatic carbocycles. The van der Waals surface area contributed by atoms with Gasteiger partial charge in [-0.3, -0.25) is 0 Å². The molecule has 0 saturated heterocycles. The van der Waals surface area contributed by atoms with Crippen LogP contribution in [0.25, 0.3) is 10.9 Å². The number of anilines is 1. The molecule has 1 heterocycles. The third-order valence-electron chi connectivity index (χ3n) is 3.12. The highest BCUT2D eigenvalue weighted by Gasteiger charge is 2.14. The summed E-state index contributed by atoms with van der Waals surface area (Å²) in [6, 6.07) is 8.43. The zero-order valence-electron chi connectivity index (χ0n) is 11.8. The van der Waals surface area contributed by atoms with Gasteiger partial charge in [-0.25, -0.2) is 18.2 Å². The Morgan fingerprint density at radius 1 is 1.33 bits per heavy atom. The quantitative estimate of drug-likeness (QED) is 0.898. The Labute approximate surface area is 122 Å². The largest absolute Gasteiger partial charge is 0.478 e. The Bertz CT molecular complexity index is 787.